The predicted molar refractivity (Wildman–Crippen MR) is 94.6 cm³/mol. The normalized spacial score (nSPS) is 11.3. The van der Waals surface area contributed by atoms with Crippen LogP contribution in [-0.2, 0) is 12.8 Å². The van der Waals surface area contributed by atoms with Gasteiger partial charge in [-0.2, -0.15) is 13.2 Å². The predicted octanol–water partition coefficient (Wildman–Crippen LogP) is 4.16. The minimum absolute atomic E-state index is 0.0689. The summed E-state index contributed by atoms with van der Waals surface area (Å²) in [5.41, 5.74) is 4.66. The lowest BCUT2D eigenvalue weighted by Gasteiger charge is -2.15. The van der Waals surface area contributed by atoms with Crippen LogP contribution in [0, 0.1) is 5.82 Å². The molecule has 0 radical (unpaired) electrons. The van der Waals surface area contributed by atoms with Crippen molar-refractivity contribution in [2.24, 2.45) is 0 Å². The number of aromatic carboxylic acids is 1. The van der Waals surface area contributed by atoms with Gasteiger partial charge in [0.1, 0.15) is 12.4 Å². The van der Waals surface area contributed by atoms with Crippen LogP contribution in [0.4, 0.5) is 23.4 Å². The number of hydrogen-bond donors (Lipinski definition) is 2. The van der Waals surface area contributed by atoms with E-state index in [0.29, 0.717) is 11.6 Å². The molecule has 6 nitrogen and oxygen atoms in total. The monoisotopic (exact) mass is 407 g/mol. The number of nitrogens with zero attached hydrogens (tertiary/aromatic N) is 2. The number of carbonyl (C=O) groups is 1. The van der Waals surface area contributed by atoms with E-state index >= 15 is 0 Å². The second-order valence-corrected chi connectivity index (χ2v) is 5.89. The lowest BCUT2D eigenvalue weighted by atomic mass is 10.1. The van der Waals surface area contributed by atoms with Crippen LogP contribution in [0.1, 0.15) is 21.5 Å². The van der Waals surface area contributed by atoms with Crippen LogP contribution >= 0.6 is 0 Å². The molecule has 0 saturated carbocycles. The summed E-state index contributed by atoms with van der Waals surface area (Å²) in [5, 5.41) is 8.93. The molecule has 0 unspecified atom stereocenters. The number of nitrogen functional groups attached to an aromatic ring is 1. The van der Waals surface area contributed by atoms with Gasteiger partial charge in [-0.05, 0) is 18.2 Å². The smallest absolute Gasteiger partial charge is 0.419 e. The first-order chi connectivity index (χ1) is 13.7. The molecule has 0 aliphatic heterocycles. The summed E-state index contributed by atoms with van der Waals surface area (Å²) in [4.78, 5) is 18.9. The Morgan fingerprint density at radius 2 is 1.83 bits per heavy atom. The number of nitrogens with two attached hydrogens (primary N) is 1. The third-order valence-corrected chi connectivity index (χ3v) is 3.94. The highest BCUT2D eigenvalue weighted by atomic mass is 19.4. The molecule has 3 aromatic rings. The molecule has 2 aromatic carbocycles. The van der Waals surface area contributed by atoms with Crippen molar-refractivity contribution >= 4 is 11.8 Å². The molecule has 0 bridgehead atoms. The van der Waals surface area contributed by atoms with Gasteiger partial charge in [-0.3, -0.25) is 0 Å². The van der Waals surface area contributed by atoms with Crippen molar-refractivity contribution in [2.75, 3.05) is 5.73 Å². The minimum Gasteiger partial charge on any atom is -0.478 e. The molecule has 0 fully saturated rings. The number of alkyl halides is 3. The van der Waals surface area contributed by atoms with Crippen LogP contribution in [0.15, 0.2) is 48.7 Å². The van der Waals surface area contributed by atoms with E-state index in [9.17, 15) is 22.4 Å². The van der Waals surface area contributed by atoms with E-state index in [1.54, 1.807) is 0 Å². The van der Waals surface area contributed by atoms with Gasteiger partial charge in [0, 0.05) is 11.1 Å². The Kier molecular flexibility index (Phi) is 5.35. The molecular formula is C19H13F4N3O3. The summed E-state index contributed by atoms with van der Waals surface area (Å²) in [7, 11) is 0. The first kappa shape index (κ1) is 20.1. The Labute approximate surface area is 161 Å². The van der Waals surface area contributed by atoms with Gasteiger partial charge in [-0.15, -0.1) is 0 Å². The quantitative estimate of drug-likeness (QED) is 0.617. The van der Waals surface area contributed by atoms with Crippen molar-refractivity contribution in [3.8, 4) is 17.1 Å². The number of ether oxygens (including phenoxy) is 1. The molecule has 0 spiro atoms. The Balaban J connectivity index is 1.87. The van der Waals surface area contributed by atoms with Crippen molar-refractivity contribution in [1.29, 1.82) is 0 Å². The van der Waals surface area contributed by atoms with Gasteiger partial charge in [0.15, 0.2) is 5.82 Å². The maximum atomic E-state index is 13.7. The van der Waals surface area contributed by atoms with Crippen molar-refractivity contribution < 1.29 is 32.2 Å². The van der Waals surface area contributed by atoms with Crippen LogP contribution in [-0.4, -0.2) is 21.0 Å². The van der Waals surface area contributed by atoms with E-state index in [4.69, 9.17) is 15.6 Å². The number of aromatic nitrogens is 2. The van der Waals surface area contributed by atoms with E-state index in [2.05, 4.69) is 9.97 Å². The highest BCUT2D eigenvalue weighted by Crippen LogP contribution is 2.34. The van der Waals surface area contributed by atoms with Gasteiger partial charge in [0.25, 0.3) is 5.88 Å². The molecular weight excluding hydrogens is 394 g/mol. The Morgan fingerprint density at radius 1 is 1.14 bits per heavy atom. The van der Waals surface area contributed by atoms with Crippen LogP contribution in [0.3, 0.4) is 0 Å². The molecule has 3 N–H and O–H groups in total. The molecule has 0 atom stereocenters. The van der Waals surface area contributed by atoms with E-state index < -0.39 is 35.7 Å². The van der Waals surface area contributed by atoms with Crippen molar-refractivity contribution in [3.63, 3.8) is 0 Å². The van der Waals surface area contributed by atoms with Gasteiger partial charge in [0.05, 0.1) is 23.0 Å². The van der Waals surface area contributed by atoms with E-state index in [-0.39, 0.29) is 23.0 Å². The van der Waals surface area contributed by atoms with E-state index in [0.717, 1.165) is 12.1 Å². The summed E-state index contributed by atoms with van der Waals surface area (Å²) < 4.78 is 58.2. The van der Waals surface area contributed by atoms with Crippen LogP contribution < -0.4 is 10.5 Å². The Morgan fingerprint density at radius 3 is 2.45 bits per heavy atom. The number of carboxylic acid groups (broad SMARTS) is 1. The average molecular weight is 407 g/mol. The number of anilines is 1. The van der Waals surface area contributed by atoms with Gasteiger partial charge >= 0.3 is 12.1 Å². The Bertz CT molecular complexity index is 1050. The first-order valence-corrected chi connectivity index (χ1v) is 8.10. The Hall–Kier alpha value is -3.69. The number of halogens is 4. The zero-order chi connectivity index (χ0) is 21.2. The average Bonchev–Trinajstić information content (AvgIpc) is 2.66. The summed E-state index contributed by atoms with van der Waals surface area (Å²) in [5.74, 6) is -2.91. The maximum absolute atomic E-state index is 13.7. The molecule has 150 valence electrons. The van der Waals surface area contributed by atoms with Crippen molar-refractivity contribution in [3.05, 3.63) is 71.2 Å². The molecule has 10 heteroatoms. The van der Waals surface area contributed by atoms with E-state index in [1.165, 1.54) is 30.5 Å². The topological polar surface area (TPSA) is 98.3 Å². The lowest BCUT2D eigenvalue weighted by Crippen LogP contribution is -2.14. The van der Waals surface area contributed by atoms with Crippen molar-refractivity contribution in [1.82, 2.24) is 9.97 Å². The largest absolute Gasteiger partial charge is 0.478 e. The molecule has 0 aliphatic carbocycles. The lowest BCUT2D eigenvalue weighted by molar-refractivity contribution is -0.141. The third kappa shape index (κ3) is 4.42. The number of hydrogen-bond acceptors (Lipinski definition) is 5. The highest BCUT2D eigenvalue weighted by molar-refractivity contribution is 5.88. The fourth-order valence-corrected chi connectivity index (χ4v) is 2.56. The fourth-order valence-electron chi connectivity index (χ4n) is 2.56. The zero-order valence-corrected chi connectivity index (χ0v) is 14.6. The number of carboxylic acids is 1. The van der Waals surface area contributed by atoms with Crippen LogP contribution in [0.2, 0.25) is 0 Å². The number of rotatable bonds is 5. The second kappa shape index (κ2) is 7.74. The summed E-state index contributed by atoms with van der Waals surface area (Å²) >= 11 is 0. The molecule has 3 rings (SSSR count). The minimum atomic E-state index is -4.89. The SMILES string of the molecule is Nc1ncc(-c2ccc(C(=O)O)cc2)nc1OCc1cccc(F)c1C(F)(F)F. The summed E-state index contributed by atoms with van der Waals surface area (Å²) in [6, 6.07) is 8.63. The highest BCUT2D eigenvalue weighted by Gasteiger charge is 2.36. The molecule has 0 saturated heterocycles. The van der Waals surface area contributed by atoms with E-state index in [1.807, 2.05) is 0 Å². The number of benzene rings is 2. The van der Waals surface area contributed by atoms with Gasteiger partial charge in [-0.25, -0.2) is 19.2 Å². The van der Waals surface area contributed by atoms with Gasteiger partial charge in [-0.1, -0.05) is 24.3 Å². The zero-order valence-electron chi connectivity index (χ0n) is 14.6. The second-order valence-electron chi connectivity index (χ2n) is 5.89. The molecule has 29 heavy (non-hydrogen) atoms. The fraction of sp³-hybridized carbons (Fsp3) is 0.105. The van der Waals surface area contributed by atoms with Gasteiger partial charge in [0.2, 0.25) is 0 Å². The first-order valence-electron chi connectivity index (χ1n) is 8.10. The standard InChI is InChI=1S/C19H13F4N3O3/c20-13-3-1-2-12(15(13)19(21,22)23)9-29-17-16(24)25-8-14(26-17)10-4-6-11(7-5-10)18(27)28/h1-8H,9H2,(H2,24,25)(H,27,28). The summed E-state index contributed by atoms with van der Waals surface area (Å²) in [6.07, 6.45) is -3.59. The summed E-state index contributed by atoms with van der Waals surface area (Å²) in [6.45, 7) is -0.632. The maximum Gasteiger partial charge on any atom is 0.419 e. The molecule has 1 aromatic heterocycles. The van der Waals surface area contributed by atoms with Crippen LogP contribution in [0.5, 0.6) is 5.88 Å². The third-order valence-electron chi connectivity index (χ3n) is 3.94. The molecule has 1 heterocycles. The molecule has 0 amide bonds. The van der Waals surface area contributed by atoms with Gasteiger partial charge < -0.3 is 15.6 Å². The molecule has 0 aliphatic rings. The van der Waals surface area contributed by atoms with Crippen LogP contribution in [0.25, 0.3) is 11.3 Å². The van der Waals surface area contributed by atoms with Crippen molar-refractivity contribution in [2.45, 2.75) is 12.8 Å².